The zero-order chi connectivity index (χ0) is 31.7. The molecule has 0 aliphatic carbocycles. The minimum absolute atomic E-state index is 0.0104. The number of hydrogen-bond acceptors (Lipinski definition) is 8. The highest BCUT2D eigenvalue weighted by Crippen LogP contribution is 2.32. The molecule has 1 amide bonds. The van der Waals surface area contributed by atoms with Crippen LogP contribution in [-0.2, 0) is 14.3 Å². The molecule has 0 aliphatic rings. The lowest BCUT2D eigenvalue weighted by Crippen LogP contribution is -2.27. The first kappa shape index (κ1) is 32.0. The van der Waals surface area contributed by atoms with Crippen molar-refractivity contribution >= 4 is 34.4 Å². The fraction of sp³-hybridized carbons (Fsp3) is 0.314. The van der Waals surface area contributed by atoms with Crippen molar-refractivity contribution in [3.63, 3.8) is 0 Å². The topological polar surface area (TPSA) is 113 Å². The van der Waals surface area contributed by atoms with E-state index < -0.39 is 11.6 Å². The second kappa shape index (κ2) is 14.5. The molecule has 44 heavy (non-hydrogen) atoms. The van der Waals surface area contributed by atoms with Gasteiger partial charge in [-0.3, -0.25) is 9.59 Å². The number of pyridine rings is 1. The summed E-state index contributed by atoms with van der Waals surface area (Å²) in [7, 11) is 0. The quantitative estimate of drug-likeness (QED) is 0.129. The van der Waals surface area contributed by atoms with Crippen molar-refractivity contribution in [2.75, 3.05) is 25.1 Å². The van der Waals surface area contributed by atoms with E-state index in [-0.39, 0.29) is 31.1 Å². The number of ether oxygens (including phenoxy) is 4. The van der Waals surface area contributed by atoms with Gasteiger partial charge in [-0.05, 0) is 88.2 Å². The van der Waals surface area contributed by atoms with E-state index in [0.717, 1.165) is 16.5 Å². The Kier molecular flexibility index (Phi) is 10.6. The van der Waals surface area contributed by atoms with Gasteiger partial charge in [-0.2, -0.15) is 0 Å². The molecule has 0 aliphatic heterocycles. The third-order valence-electron chi connectivity index (χ3n) is 6.37. The van der Waals surface area contributed by atoms with Crippen molar-refractivity contribution in [1.29, 1.82) is 0 Å². The predicted octanol–water partition coefficient (Wildman–Crippen LogP) is 7.02. The molecule has 4 rings (SSSR count). The van der Waals surface area contributed by atoms with Gasteiger partial charge in [0.25, 0.3) is 0 Å². The predicted molar refractivity (Wildman–Crippen MR) is 169 cm³/mol. The molecular weight excluding hydrogens is 560 g/mol. The number of anilines is 1. The number of para-hydroxylation sites is 1. The van der Waals surface area contributed by atoms with Gasteiger partial charge in [0.1, 0.15) is 17.2 Å². The van der Waals surface area contributed by atoms with Crippen molar-refractivity contribution in [3.05, 3.63) is 78.4 Å². The lowest BCUT2D eigenvalue weighted by atomic mass is 10.0. The molecule has 1 heterocycles. The molecule has 9 heteroatoms. The average Bonchev–Trinajstić information content (AvgIpc) is 2.99. The lowest BCUT2D eigenvalue weighted by molar-refractivity contribution is -0.157. The van der Waals surface area contributed by atoms with E-state index in [2.05, 4.69) is 10.3 Å². The van der Waals surface area contributed by atoms with Gasteiger partial charge in [0.05, 0.1) is 18.7 Å². The second-order valence-corrected chi connectivity index (χ2v) is 11.0. The van der Waals surface area contributed by atoms with Crippen LogP contribution in [0.3, 0.4) is 0 Å². The summed E-state index contributed by atoms with van der Waals surface area (Å²) in [5, 5.41) is 3.75. The Hall–Kier alpha value is -4.92. The van der Waals surface area contributed by atoms with Crippen LogP contribution in [0.2, 0.25) is 0 Å². The number of carbonyl (C=O) groups is 3. The van der Waals surface area contributed by atoms with Crippen LogP contribution in [0.4, 0.5) is 5.82 Å². The maximum Gasteiger partial charge on any atom is 0.344 e. The minimum Gasteiger partial charge on any atom is -0.490 e. The maximum absolute atomic E-state index is 12.9. The van der Waals surface area contributed by atoms with Gasteiger partial charge in [0.15, 0.2) is 23.9 Å². The van der Waals surface area contributed by atoms with E-state index in [4.69, 9.17) is 18.9 Å². The Morgan fingerprint density at radius 3 is 2.20 bits per heavy atom. The number of esters is 1. The Morgan fingerprint density at radius 2 is 1.50 bits per heavy atom. The summed E-state index contributed by atoms with van der Waals surface area (Å²) in [6, 6.07) is 21.8. The third-order valence-corrected chi connectivity index (χ3v) is 6.37. The van der Waals surface area contributed by atoms with Crippen LogP contribution in [0.15, 0.2) is 72.8 Å². The zero-order valence-electron chi connectivity index (χ0n) is 25.8. The summed E-state index contributed by atoms with van der Waals surface area (Å²) in [6.45, 7) is 9.87. The number of nitrogens with one attached hydrogen (secondary N) is 1. The summed E-state index contributed by atoms with van der Waals surface area (Å²) >= 11 is 0. The lowest BCUT2D eigenvalue weighted by Gasteiger charge is -2.19. The fourth-order valence-electron chi connectivity index (χ4n) is 4.52. The fourth-order valence-corrected chi connectivity index (χ4v) is 4.52. The summed E-state index contributed by atoms with van der Waals surface area (Å²) < 4.78 is 22.1. The molecule has 230 valence electrons. The van der Waals surface area contributed by atoms with Crippen molar-refractivity contribution in [2.24, 2.45) is 0 Å². The average molecular weight is 599 g/mol. The molecule has 1 N–H and O–H groups in total. The number of ketones is 1. The van der Waals surface area contributed by atoms with E-state index in [1.807, 2.05) is 50.2 Å². The molecule has 0 bridgehead atoms. The molecule has 0 unspecified atom stereocenters. The van der Waals surface area contributed by atoms with Crippen LogP contribution >= 0.6 is 0 Å². The van der Waals surface area contributed by atoms with Gasteiger partial charge in [-0.15, -0.1) is 0 Å². The Balaban J connectivity index is 1.44. The molecule has 9 nitrogen and oxygen atoms in total. The number of Topliss-reactive ketones (excluding diaryl/α,β-unsaturated/α-hetero) is 1. The first-order chi connectivity index (χ1) is 21.1. The maximum atomic E-state index is 12.9. The Bertz CT molecular complexity index is 1620. The van der Waals surface area contributed by atoms with Gasteiger partial charge in [0, 0.05) is 23.8 Å². The van der Waals surface area contributed by atoms with E-state index >= 15 is 0 Å². The molecule has 0 radical (unpaired) electrons. The normalized spacial score (nSPS) is 11.1. The standard InChI is InChI=1S/C35H38N2O7/c1-6-41-30-18-14-24(20-31(30)42-7-2)29(38)17-19-33(39)37-32-21-27(26-10-8-9-11-28(26)36-32)23-12-15-25(16-13-23)43-22-34(40)44-35(3,4)5/h8-16,18,20-21H,6-7,17,19,22H2,1-5H3,(H,36,37,39). The molecule has 4 aromatic rings. The molecule has 1 aromatic heterocycles. The highest BCUT2D eigenvalue weighted by atomic mass is 16.6. The van der Waals surface area contributed by atoms with E-state index in [0.29, 0.717) is 47.4 Å². The van der Waals surface area contributed by atoms with Crippen molar-refractivity contribution < 1.29 is 33.3 Å². The van der Waals surface area contributed by atoms with Crippen LogP contribution in [0, 0.1) is 0 Å². The molecular formula is C35H38N2O7. The number of amides is 1. The number of rotatable bonds is 13. The summed E-state index contributed by atoms with van der Waals surface area (Å²) in [5.74, 6) is 1.03. The minimum atomic E-state index is -0.584. The third kappa shape index (κ3) is 8.80. The van der Waals surface area contributed by atoms with E-state index in [1.165, 1.54) is 0 Å². The Morgan fingerprint density at radius 1 is 0.795 bits per heavy atom. The molecule has 0 atom stereocenters. The number of carbonyl (C=O) groups excluding carboxylic acids is 3. The first-order valence-corrected chi connectivity index (χ1v) is 14.6. The van der Waals surface area contributed by atoms with Crippen LogP contribution in [0.5, 0.6) is 17.2 Å². The smallest absolute Gasteiger partial charge is 0.344 e. The van der Waals surface area contributed by atoms with Gasteiger partial charge in [-0.1, -0.05) is 30.3 Å². The summed E-state index contributed by atoms with van der Waals surface area (Å²) in [6.07, 6.45) is 0.0140. The van der Waals surface area contributed by atoms with Gasteiger partial charge in [0.2, 0.25) is 5.91 Å². The SMILES string of the molecule is CCOc1ccc(C(=O)CCC(=O)Nc2cc(-c3ccc(OCC(=O)OC(C)(C)C)cc3)c3ccccc3n2)cc1OCC. The van der Waals surface area contributed by atoms with Gasteiger partial charge in [-0.25, -0.2) is 9.78 Å². The van der Waals surface area contributed by atoms with Gasteiger partial charge < -0.3 is 24.3 Å². The van der Waals surface area contributed by atoms with Crippen LogP contribution in [-0.4, -0.2) is 48.1 Å². The van der Waals surface area contributed by atoms with Gasteiger partial charge >= 0.3 is 5.97 Å². The largest absolute Gasteiger partial charge is 0.490 e. The van der Waals surface area contributed by atoms with Crippen LogP contribution < -0.4 is 19.5 Å². The molecule has 0 fully saturated rings. The van der Waals surface area contributed by atoms with Crippen molar-refractivity contribution in [3.8, 4) is 28.4 Å². The van der Waals surface area contributed by atoms with Crippen LogP contribution in [0.25, 0.3) is 22.0 Å². The summed E-state index contributed by atoms with van der Waals surface area (Å²) in [5.41, 5.74) is 2.31. The summed E-state index contributed by atoms with van der Waals surface area (Å²) in [4.78, 5) is 42.4. The first-order valence-electron chi connectivity index (χ1n) is 14.6. The second-order valence-electron chi connectivity index (χ2n) is 11.0. The van der Waals surface area contributed by atoms with Crippen molar-refractivity contribution in [2.45, 2.75) is 53.1 Å². The Labute approximate surface area is 257 Å². The van der Waals surface area contributed by atoms with E-state index in [1.54, 1.807) is 57.2 Å². The van der Waals surface area contributed by atoms with Crippen molar-refractivity contribution in [1.82, 2.24) is 4.98 Å². The number of fused-ring (bicyclic) bond motifs is 1. The number of aromatic nitrogens is 1. The number of nitrogens with zero attached hydrogens (tertiary/aromatic N) is 1. The van der Waals surface area contributed by atoms with E-state index in [9.17, 15) is 14.4 Å². The highest BCUT2D eigenvalue weighted by molar-refractivity contribution is 6.02. The molecule has 0 saturated heterocycles. The molecule has 3 aromatic carbocycles. The number of hydrogen-bond donors (Lipinski definition) is 1. The molecule has 0 saturated carbocycles. The van der Waals surface area contributed by atoms with Crippen LogP contribution in [0.1, 0.15) is 57.8 Å². The highest BCUT2D eigenvalue weighted by Gasteiger charge is 2.17. The zero-order valence-corrected chi connectivity index (χ0v) is 25.8. The monoisotopic (exact) mass is 598 g/mol. The molecule has 0 spiro atoms. The number of benzene rings is 3.